The summed E-state index contributed by atoms with van der Waals surface area (Å²) in [6.45, 7) is 4.95. The Bertz CT molecular complexity index is 1740. The van der Waals surface area contributed by atoms with Gasteiger partial charge < -0.3 is 18.9 Å². The number of methoxy groups -OCH3 is 1. The highest BCUT2D eigenvalue weighted by Gasteiger charge is 2.27. The third-order valence-corrected chi connectivity index (χ3v) is 6.97. The van der Waals surface area contributed by atoms with Crippen molar-refractivity contribution < 1.29 is 14.3 Å². The lowest BCUT2D eigenvalue weighted by molar-refractivity contribution is 0.0982. The van der Waals surface area contributed by atoms with Gasteiger partial charge in [0.1, 0.15) is 17.0 Å². The molecule has 0 saturated carbocycles. The molecule has 0 aliphatic rings. The van der Waals surface area contributed by atoms with Gasteiger partial charge in [0.05, 0.1) is 24.4 Å². The van der Waals surface area contributed by atoms with Gasteiger partial charge in [0.25, 0.3) is 11.5 Å². The molecule has 0 unspecified atom stereocenters. The van der Waals surface area contributed by atoms with Crippen molar-refractivity contribution in [1.82, 2.24) is 14.3 Å². The van der Waals surface area contributed by atoms with Crippen LogP contribution in [0.15, 0.2) is 71.5 Å². The van der Waals surface area contributed by atoms with Crippen LogP contribution in [-0.4, -0.2) is 40.5 Å². The van der Waals surface area contributed by atoms with Crippen LogP contribution >= 0.6 is 11.6 Å². The third kappa shape index (κ3) is 4.61. The summed E-state index contributed by atoms with van der Waals surface area (Å²) in [4.78, 5) is 29.9. The van der Waals surface area contributed by atoms with E-state index in [0.29, 0.717) is 46.2 Å². The summed E-state index contributed by atoms with van der Waals surface area (Å²) < 4.78 is 13.9. The van der Waals surface area contributed by atoms with Crippen molar-refractivity contribution in [3.8, 4) is 17.2 Å². The molecule has 0 radical (unpaired) electrons. The first-order valence-corrected chi connectivity index (χ1v) is 13.2. The van der Waals surface area contributed by atoms with E-state index in [0.717, 1.165) is 23.1 Å². The standard InChI is InChI=1S/C30H29ClN4O4/c1-5-17-34(19-11-14-21(15-12-19)39-6-2)29(36)27-26-22-9-7-8-10-24(22)33(3)28(26)30(37)35(32-27)20-13-16-25(38-4)23(31)18-20/h7-16,18H,5-6,17H2,1-4H3. The van der Waals surface area contributed by atoms with Gasteiger partial charge in [0, 0.05) is 35.6 Å². The molecule has 9 heteroatoms. The Morgan fingerprint density at radius 3 is 2.46 bits per heavy atom. The van der Waals surface area contributed by atoms with Crippen LogP contribution in [-0.2, 0) is 7.05 Å². The van der Waals surface area contributed by atoms with Crippen LogP contribution in [0.3, 0.4) is 0 Å². The van der Waals surface area contributed by atoms with Gasteiger partial charge in [-0.05, 0) is 61.9 Å². The zero-order chi connectivity index (χ0) is 27.7. The number of hydrogen-bond donors (Lipinski definition) is 0. The van der Waals surface area contributed by atoms with Gasteiger partial charge in [0.2, 0.25) is 0 Å². The number of aryl methyl sites for hydroxylation is 1. The van der Waals surface area contributed by atoms with E-state index < -0.39 is 0 Å². The molecule has 0 aliphatic carbocycles. The van der Waals surface area contributed by atoms with Crippen LogP contribution in [0.2, 0.25) is 5.02 Å². The number of benzene rings is 3. The number of aromatic nitrogens is 3. The van der Waals surface area contributed by atoms with E-state index in [-0.39, 0.29) is 17.2 Å². The molecule has 5 aromatic rings. The predicted molar refractivity (Wildman–Crippen MR) is 155 cm³/mol. The molecule has 0 bridgehead atoms. The number of halogens is 1. The summed E-state index contributed by atoms with van der Waals surface area (Å²) in [7, 11) is 3.34. The van der Waals surface area contributed by atoms with E-state index in [1.807, 2.05) is 74.0 Å². The Hall–Kier alpha value is -4.30. The maximum absolute atomic E-state index is 14.3. The van der Waals surface area contributed by atoms with E-state index in [2.05, 4.69) is 5.10 Å². The number of hydrogen-bond acceptors (Lipinski definition) is 5. The maximum atomic E-state index is 14.3. The van der Waals surface area contributed by atoms with Crippen molar-refractivity contribution >= 4 is 45.0 Å². The SMILES string of the molecule is CCCN(C(=O)c1nn(-c2ccc(OC)c(Cl)c2)c(=O)c2c1c1ccccc1n2C)c1ccc(OCC)cc1. The number of rotatable bonds is 8. The first-order valence-electron chi connectivity index (χ1n) is 12.8. The fraction of sp³-hybridized carbons (Fsp3) is 0.233. The van der Waals surface area contributed by atoms with Gasteiger partial charge in [-0.2, -0.15) is 9.78 Å². The number of anilines is 1. The van der Waals surface area contributed by atoms with Crippen LogP contribution in [0.25, 0.3) is 27.5 Å². The predicted octanol–water partition coefficient (Wildman–Crippen LogP) is 5.99. The van der Waals surface area contributed by atoms with Gasteiger partial charge >= 0.3 is 0 Å². The summed E-state index contributed by atoms with van der Waals surface area (Å²) in [6.07, 6.45) is 0.728. The highest BCUT2D eigenvalue weighted by molar-refractivity contribution is 6.32. The first-order chi connectivity index (χ1) is 18.9. The molecule has 8 nitrogen and oxygen atoms in total. The summed E-state index contributed by atoms with van der Waals surface area (Å²) in [6, 6.07) is 20.0. The van der Waals surface area contributed by atoms with Gasteiger partial charge in [-0.15, -0.1) is 0 Å². The molecule has 3 aromatic carbocycles. The lowest BCUT2D eigenvalue weighted by atomic mass is 10.1. The zero-order valence-corrected chi connectivity index (χ0v) is 23.0. The van der Waals surface area contributed by atoms with Gasteiger partial charge in [-0.3, -0.25) is 9.59 Å². The Morgan fingerprint density at radius 1 is 1.05 bits per heavy atom. The maximum Gasteiger partial charge on any atom is 0.296 e. The van der Waals surface area contributed by atoms with E-state index in [9.17, 15) is 9.59 Å². The number of fused-ring (bicyclic) bond motifs is 3. The molecule has 2 aromatic heterocycles. The van der Waals surface area contributed by atoms with Crippen molar-refractivity contribution in [2.75, 3.05) is 25.2 Å². The van der Waals surface area contributed by atoms with Crippen molar-refractivity contribution in [2.45, 2.75) is 20.3 Å². The lowest BCUT2D eigenvalue weighted by Gasteiger charge is -2.23. The van der Waals surface area contributed by atoms with Gasteiger partial charge in [-0.1, -0.05) is 36.7 Å². The average Bonchev–Trinajstić information content (AvgIpc) is 3.25. The highest BCUT2D eigenvalue weighted by atomic mass is 35.5. The van der Waals surface area contributed by atoms with Crippen molar-refractivity contribution in [3.63, 3.8) is 0 Å². The van der Waals surface area contributed by atoms with E-state index in [4.69, 9.17) is 21.1 Å². The molecule has 39 heavy (non-hydrogen) atoms. The summed E-state index contributed by atoms with van der Waals surface area (Å²) in [5.41, 5.74) is 2.17. The second-order valence-electron chi connectivity index (χ2n) is 9.07. The van der Waals surface area contributed by atoms with Crippen molar-refractivity contribution in [2.24, 2.45) is 7.05 Å². The Kier molecular flexibility index (Phi) is 7.30. The average molecular weight is 545 g/mol. The van der Waals surface area contributed by atoms with Gasteiger partial charge in [0.15, 0.2) is 5.69 Å². The normalized spacial score (nSPS) is 11.2. The van der Waals surface area contributed by atoms with Crippen LogP contribution < -0.4 is 19.9 Å². The molecule has 5 rings (SSSR count). The molecule has 2 heterocycles. The smallest absolute Gasteiger partial charge is 0.296 e. The number of nitrogens with zero attached hydrogens (tertiary/aromatic N) is 4. The van der Waals surface area contributed by atoms with Crippen LogP contribution in [0.1, 0.15) is 30.8 Å². The number of carbonyl (C=O) groups excluding carboxylic acids is 1. The Labute approximate surface area is 230 Å². The molecule has 0 spiro atoms. The zero-order valence-electron chi connectivity index (χ0n) is 22.3. The summed E-state index contributed by atoms with van der Waals surface area (Å²) in [5.74, 6) is 0.889. The minimum atomic E-state index is -0.357. The van der Waals surface area contributed by atoms with Gasteiger partial charge in [-0.25, -0.2) is 0 Å². The molecule has 0 fully saturated rings. The number of para-hydroxylation sites is 1. The monoisotopic (exact) mass is 544 g/mol. The largest absolute Gasteiger partial charge is 0.495 e. The molecule has 200 valence electrons. The summed E-state index contributed by atoms with van der Waals surface area (Å²) in [5, 5.41) is 6.31. The molecular formula is C30H29ClN4O4. The van der Waals surface area contributed by atoms with Crippen LogP contribution in [0, 0.1) is 0 Å². The minimum Gasteiger partial charge on any atom is -0.495 e. The van der Waals surface area contributed by atoms with E-state index in [1.54, 1.807) is 23.1 Å². The molecule has 0 aliphatic heterocycles. The second kappa shape index (κ2) is 10.8. The van der Waals surface area contributed by atoms with Crippen molar-refractivity contribution in [1.29, 1.82) is 0 Å². The third-order valence-electron chi connectivity index (χ3n) is 6.67. The quantitative estimate of drug-likeness (QED) is 0.239. The fourth-order valence-corrected chi connectivity index (χ4v) is 5.13. The highest BCUT2D eigenvalue weighted by Crippen LogP contribution is 2.31. The molecule has 1 amide bonds. The summed E-state index contributed by atoms with van der Waals surface area (Å²) >= 11 is 6.40. The van der Waals surface area contributed by atoms with E-state index >= 15 is 0 Å². The number of carbonyl (C=O) groups is 1. The fourth-order valence-electron chi connectivity index (χ4n) is 4.88. The Morgan fingerprint density at radius 2 is 1.79 bits per heavy atom. The number of ether oxygens (including phenoxy) is 2. The van der Waals surface area contributed by atoms with Crippen LogP contribution in [0.4, 0.5) is 5.69 Å². The lowest BCUT2D eigenvalue weighted by Crippen LogP contribution is -2.35. The van der Waals surface area contributed by atoms with E-state index in [1.165, 1.54) is 11.8 Å². The Balaban J connectivity index is 1.77. The van der Waals surface area contributed by atoms with Crippen molar-refractivity contribution in [3.05, 3.63) is 87.8 Å². The molecule has 0 atom stereocenters. The molecule has 0 N–H and O–H groups in total. The van der Waals surface area contributed by atoms with Crippen LogP contribution in [0.5, 0.6) is 11.5 Å². The molecular weight excluding hydrogens is 516 g/mol. The molecule has 0 saturated heterocycles. The topological polar surface area (TPSA) is 78.6 Å². The second-order valence-corrected chi connectivity index (χ2v) is 9.48. The first kappa shape index (κ1) is 26.3. The minimum absolute atomic E-state index is 0.177. The number of amides is 1.